The van der Waals surface area contributed by atoms with Crippen LogP contribution in [0.15, 0.2) is 4.99 Å². The van der Waals surface area contributed by atoms with E-state index in [0.29, 0.717) is 0 Å². The molecule has 5 nitrogen and oxygen atoms in total. The minimum absolute atomic E-state index is 0.287. The molecule has 0 spiro atoms. The van der Waals surface area contributed by atoms with Crippen molar-refractivity contribution in [2.24, 2.45) is 4.99 Å². The van der Waals surface area contributed by atoms with E-state index >= 15 is 0 Å². The standard InChI is InChI=1S/C10H20N4O/c1-14-5-6-15-9(8-14)7-13-10-11-3-2-4-12-10/h9H,2-8H2,1H3,(H2,11,12,13). The SMILES string of the molecule is CN1CCOC(CNC2=NCCCN2)C1. The summed E-state index contributed by atoms with van der Waals surface area (Å²) >= 11 is 0. The van der Waals surface area contributed by atoms with Gasteiger partial charge in [-0.25, -0.2) is 0 Å². The van der Waals surface area contributed by atoms with Crippen LogP contribution in [-0.4, -0.2) is 63.3 Å². The first-order valence-electron chi connectivity index (χ1n) is 5.67. The number of nitrogens with one attached hydrogen (secondary N) is 2. The molecular formula is C10H20N4O. The van der Waals surface area contributed by atoms with Gasteiger partial charge >= 0.3 is 0 Å². The molecule has 1 fully saturated rings. The highest BCUT2D eigenvalue weighted by atomic mass is 16.5. The third-order valence-electron chi connectivity index (χ3n) is 2.74. The van der Waals surface area contributed by atoms with E-state index in [1.807, 2.05) is 0 Å². The van der Waals surface area contributed by atoms with Gasteiger partial charge in [-0.2, -0.15) is 0 Å². The molecular weight excluding hydrogens is 192 g/mol. The molecule has 0 aliphatic carbocycles. The van der Waals surface area contributed by atoms with E-state index in [-0.39, 0.29) is 6.10 Å². The Balaban J connectivity index is 1.70. The van der Waals surface area contributed by atoms with Crippen molar-refractivity contribution in [1.82, 2.24) is 15.5 Å². The van der Waals surface area contributed by atoms with Crippen LogP contribution in [0.2, 0.25) is 0 Å². The van der Waals surface area contributed by atoms with Crippen molar-refractivity contribution < 1.29 is 4.74 Å². The van der Waals surface area contributed by atoms with Crippen LogP contribution < -0.4 is 10.6 Å². The molecule has 0 bridgehead atoms. The van der Waals surface area contributed by atoms with Crippen molar-refractivity contribution >= 4 is 5.96 Å². The van der Waals surface area contributed by atoms with Crippen molar-refractivity contribution in [3.63, 3.8) is 0 Å². The largest absolute Gasteiger partial charge is 0.374 e. The summed E-state index contributed by atoms with van der Waals surface area (Å²) in [5.74, 6) is 0.929. The van der Waals surface area contributed by atoms with E-state index in [0.717, 1.165) is 51.7 Å². The zero-order chi connectivity index (χ0) is 10.5. The minimum Gasteiger partial charge on any atom is -0.374 e. The van der Waals surface area contributed by atoms with Gasteiger partial charge in [-0.1, -0.05) is 0 Å². The molecule has 15 heavy (non-hydrogen) atoms. The topological polar surface area (TPSA) is 48.9 Å². The average Bonchev–Trinajstić information content (AvgIpc) is 2.28. The van der Waals surface area contributed by atoms with Gasteiger partial charge < -0.3 is 20.3 Å². The summed E-state index contributed by atoms with van der Waals surface area (Å²) in [5.41, 5.74) is 0. The predicted octanol–water partition coefficient (Wildman–Crippen LogP) is -0.744. The lowest BCUT2D eigenvalue weighted by atomic mass is 10.3. The smallest absolute Gasteiger partial charge is 0.191 e. The molecule has 2 rings (SSSR count). The summed E-state index contributed by atoms with van der Waals surface area (Å²) in [5, 5.41) is 6.54. The van der Waals surface area contributed by atoms with Gasteiger partial charge in [0.25, 0.3) is 0 Å². The number of nitrogens with zero attached hydrogens (tertiary/aromatic N) is 2. The van der Waals surface area contributed by atoms with E-state index in [2.05, 4.69) is 27.6 Å². The van der Waals surface area contributed by atoms with Crippen LogP contribution in [0.25, 0.3) is 0 Å². The Hall–Kier alpha value is -0.810. The summed E-state index contributed by atoms with van der Waals surface area (Å²) in [4.78, 5) is 6.66. The molecule has 0 saturated carbocycles. The third-order valence-corrected chi connectivity index (χ3v) is 2.74. The Morgan fingerprint density at radius 1 is 1.67 bits per heavy atom. The van der Waals surface area contributed by atoms with Crippen LogP contribution >= 0.6 is 0 Å². The fourth-order valence-corrected chi connectivity index (χ4v) is 1.85. The molecule has 0 aromatic rings. The van der Waals surface area contributed by atoms with Gasteiger partial charge in [0, 0.05) is 32.7 Å². The summed E-state index contributed by atoms with van der Waals surface area (Å²) < 4.78 is 5.65. The number of hydrogen-bond acceptors (Lipinski definition) is 5. The number of hydrogen-bond donors (Lipinski definition) is 2. The zero-order valence-electron chi connectivity index (χ0n) is 9.33. The van der Waals surface area contributed by atoms with Gasteiger partial charge in [-0.05, 0) is 13.5 Å². The lowest BCUT2D eigenvalue weighted by molar-refractivity contribution is -0.0161. The fourth-order valence-electron chi connectivity index (χ4n) is 1.85. The number of aliphatic imine (C=N–C) groups is 1. The maximum atomic E-state index is 5.65. The number of morpholine rings is 1. The predicted molar refractivity (Wildman–Crippen MR) is 60.2 cm³/mol. The van der Waals surface area contributed by atoms with Gasteiger partial charge in [-0.15, -0.1) is 0 Å². The third kappa shape index (κ3) is 3.35. The van der Waals surface area contributed by atoms with Gasteiger partial charge in [0.15, 0.2) is 5.96 Å². The van der Waals surface area contributed by atoms with E-state index in [9.17, 15) is 0 Å². The van der Waals surface area contributed by atoms with E-state index in [4.69, 9.17) is 4.74 Å². The number of likely N-dealkylation sites (N-methyl/N-ethyl adjacent to an activating group) is 1. The first-order chi connectivity index (χ1) is 7.34. The Bertz CT molecular complexity index is 231. The molecule has 0 amide bonds. The van der Waals surface area contributed by atoms with Gasteiger partial charge in [0.2, 0.25) is 0 Å². The van der Waals surface area contributed by atoms with Crippen molar-refractivity contribution in [2.45, 2.75) is 12.5 Å². The first-order valence-corrected chi connectivity index (χ1v) is 5.67. The fraction of sp³-hybridized carbons (Fsp3) is 0.900. The van der Waals surface area contributed by atoms with Crippen LogP contribution in [0.3, 0.4) is 0 Å². The van der Waals surface area contributed by atoms with E-state index in [1.165, 1.54) is 0 Å². The van der Waals surface area contributed by atoms with Crippen LogP contribution in [0.5, 0.6) is 0 Å². The quantitative estimate of drug-likeness (QED) is 0.633. The van der Waals surface area contributed by atoms with E-state index < -0.39 is 0 Å². The Morgan fingerprint density at radius 3 is 3.33 bits per heavy atom. The molecule has 0 aromatic carbocycles. The second-order valence-electron chi connectivity index (χ2n) is 4.15. The molecule has 1 saturated heterocycles. The second kappa shape index (κ2) is 5.32. The molecule has 1 atom stereocenters. The van der Waals surface area contributed by atoms with Crippen molar-refractivity contribution in [3.05, 3.63) is 0 Å². The Labute approximate surface area is 90.9 Å². The van der Waals surface area contributed by atoms with Gasteiger partial charge in [-0.3, -0.25) is 4.99 Å². The van der Waals surface area contributed by atoms with Crippen molar-refractivity contribution in [2.75, 3.05) is 46.4 Å². The van der Waals surface area contributed by atoms with Crippen LogP contribution in [0.1, 0.15) is 6.42 Å². The Kier molecular flexibility index (Phi) is 3.80. The molecule has 1 unspecified atom stereocenters. The van der Waals surface area contributed by atoms with Crippen LogP contribution in [0, 0.1) is 0 Å². The molecule has 2 heterocycles. The lowest BCUT2D eigenvalue weighted by Gasteiger charge is -2.30. The summed E-state index contributed by atoms with van der Waals surface area (Å²) in [6.45, 7) is 5.67. The molecule has 2 aliphatic heterocycles. The molecule has 5 heteroatoms. The van der Waals surface area contributed by atoms with Crippen molar-refractivity contribution in [1.29, 1.82) is 0 Å². The monoisotopic (exact) mass is 212 g/mol. The van der Waals surface area contributed by atoms with Gasteiger partial charge in [0.1, 0.15) is 0 Å². The summed E-state index contributed by atoms with van der Waals surface area (Å²) in [7, 11) is 2.13. The highest BCUT2D eigenvalue weighted by Gasteiger charge is 2.17. The van der Waals surface area contributed by atoms with Gasteiger partial charge in [0.05, 0.1) is 12.7 Å². The highest BCUT2D eigenvalue weighted by molar-refractivity contribution is 5.80. The zero-order valence-corrected chi connectivity index (χ0v) is 9.33. The second-order valence-corrected chi connectivity index (χ2v) is 4.15. The maximum absolute atomic E-state index is 5.65. The van der Waals surface area contributed by atoms with Crippen LogP contribution in [-0.2, 0) is 4.74 Å². The Morgan fingerprint density at radius 2 is 2.60 bits per heavy atom. The normalized spacial score (nSPS) is 28.1. The van der Waals surface area contributed by atoms with E-state index in [1.54, 1.807) is 0 Å². The molecule has 86 valence electrons. The number of guanidine groups is 1. The molecule has 2 aliphatic rings. The summed E-state index contributed by atoms with van der Waals surface area (Å²) in [6.07, 6.45) is 1.42. The average molecular weight is 212 g/mol. The molecule has 0 radical (unpaired) electrons. The van der Waals surface area contributed by atoms with Crippen LogP contribution in [0.4, 0.5) is 0 Å². The number of ether oxygens (including phenoxy) is 1. The highest BCUT2D eigenvalue weighted by Crippen LogP contribution is 2.01. The lowest BCUT2D eigenvalue weighted by Crippen LogP contribution is -2.49. The first kappa shape index (κ1) is 10.7. The van der Waals surface area contributed by atoms with Crippen molar-refractivity contribution in [3.8, 4) is 0 Å². The summed E-state index contributed by atoms with van der Waals surface area (Å²) in [6, 6.07) is 0. The number of rotatable bonds is 2. The molecule has 0 aromatic heterocycles. The minimum atomic E-state index is 0.287. The maximum Gasteiger partial charge on any atom is 0.191 e. The molecule has 2 N–H and O–H groups in total.